The van der Waals surface area contributed by atoms with Gasteiger partial charge in [0.05, 0.1) is 0 Å². The first-order valence-electron chi connectivity index (χ1n) is 6.60. The summed E-state index contributed by atoms with van der Waals surface area (Å²) in [6, 6.07) is 0. The molecule has 0 spiro atoms. The minimum absolute atomic E-state index is 0.251. The van der Waals surface area contributed by atoms with Crippen molar-refractivity contribution in [3.05, 3.63) is 16.2 Å². The summed E-state index contributed by atoms with van der Waals surface area (Å²) in [6.45, 7) is 21.3. The van der Waals surface area contributed by atoms with Crippen molar-refractivity contribution < 1.29 is 0 Å². The van der Waals surface area contributed by atoms with Crippen molar-refractivity contribution in [3.63, 3.8) is 0 Å². The minimum Gasteiger partial charge on any atom is -0.0560 e. The monoisotopic (exact) mass is 300 g/mol. The lowest BCUT2D eigenvalue weighted by Crippen LogP contribution is -2.25. The zero-order valence-electron chi connectivity index (χ0n) is 13.3. The van der Waals surface area contributed by atoms with Gasteiger partial charge in [0.25, 0.3) is 0 Å². The van der Waals surface area contributed by atoms with E-state index in [1.54, 1.807) is 16.2 Å². The average molecular weight is 300 g/mol. The van der Waals surface area contributed by atoms with Crippen LogP contribution in [-0.2, 0) is 16.2 Å². The molecular formula is C15H27P3. The van der Waals surface area contributed by atoms with E-state index < -0.39 is 0 Å². The molecule has 3 heteroatoms. The van der Waals surface area contributed by atoms with Crippen LogP contribution < -0.4 is 0 Å². The molecule has 18 heavy (non-hydrogen) atoms. The average Bonchev–Trinajstić information content (AvgIpc) is 2.12. The Morgan fingerprint density at radius 1 is 0.556 bits per heavy atom. The van der Waals surface area contributed by atoms with E-state index in [4.69, 9.17) is 0 Å². The van der Waals surface area contributed by atoms with Gasteiger partial charge in [-0.25, -0.2) is 0 Å². The van der Waals surface area contributed by atoms with E-state index in [2.05, 4.69) is 62.3 Å². The van der Waals surface area contributed by atoms with Gasteiger partial charge in [-0.05, 0) is 55.7 Å². The molecule has 0 amide bonds. The van der Waals surface area contributed by atoms with E-state index in [-0.39, 0.29) is 16.2 Å². The Balaban J connectivity index is 3.68. The summed E-state index contributed by atoms with van der Waals surface area (Å²) in [5.74, 6) is 0. The Kier molecular flexibility index (Phi) is 4.72. The van der Waals surface area contributed by atoms with Gasteiger partial charge in [0.15, 0.2) is 0 Å². The summed E-state index contributed by atoms with van der Waals surface area (Å²) >= 11 is 0. The van der Waals surface area contributed by atoms with Crippen molar-refractivity contribution in [2.24, 2.45) is 0 Å². The van der Waals surface area contributed by atoms with Crippen LogP contribution in [0.3, 0.4) is 0 Å². The molecule has 0 saturated heterocycles. The molecule has 0 bridgehead atoms. The van der Waals surface area contributed by atoms with Crippen molar-refractivity contribution >= 4 is 23.3 Å². The van der Waals surface area contributed by atoms with Crippen LogP contribution >= 0.6 is 23.3 Å². The zero-order valence-corrected chi connectivity index (χ0v) is 16.0. The molecule has 0 saturated carbocycles. The van der Waals surface area contributed by atoms with Crippen LogP contribution in [0, 0.1) is 0 Å². The molecule has 1 rings (SSSR count). The zero-order chi connectivity index (χ0) is 14.4. The maximum atomic E-state index is 2.37. The number of hydrogen-bond donors (Lipinski definition) is 0. The van der Waals surface area contributed by atoms with Crippen molar-refractivity contribution in [2.45, 2.75) is 78.6 Å². The van der Waals surface area contributed by atoms with Crippen LogP contribution in [0.1, 0.15) is 78.5 Å². The first-order valence-corrected chi connectivity index (χ1v) is 10.7. The minimum atomic E-state index is 0.251. The Bertz CT molecular complexity index is 396. The third-order valence-corrected chi connectivity index (χ3v) is 8.65. The van der Waals surface area contributed by atoms with Crippen LogP contribution in [-0.4, -0.2) is 0 Å². The summed E-state index contributed by atoms with van der Waals surface area (Å²) in [5, 5.41) is 3.31. The van der Waals surface area contributed by atoms with Gasteiger partial charge in [0.2, 0.25) is 0 Å². The fraction of sp³-hybridized carbons (Fsp3) is 0.800. The van der Waals surface area contributed by atoms with Crippen LogP contribution in [0.15, 0.2) is 0 Å². The Morgan fingerprint density at radius 3 is 1.11 bits per heavy atom. The molecule has 0 aliphatic carbocycles. The summed E-state index contributed by atoms with van der Waals surface area (Å²) < 4.78 is 0. The van der Waals surface area contributed by atoms with Crippen LogP contribution in [0.5, 0.6) is 0 Å². The van der Waals surface area contributed by atoms with Crippen molar-refractivity contribution in [1.82, 2.24) is 0 Å². The van der Waals surface area contributed by atoms with Crippen LogP contribution in [0.4, 0.5) is 0 Å². The maximum absolute atomic E-state index is 2.37. The predicted octanol–water partition coefficient (Wildman–Crippen LogP) is 7.32. The third kappa shape index (κ3) is 3.76. The molecule has 0 unspecified atom stereocenters. The van der Waals surface area contributed by atoms with Crippen molar-refractivity contribution in [2.75, 3.05) is 0 Å². The highest BCUT2D eigenvalue weighted by Crippen LogP contribution is 2.52. The highest BCUT2D eigenvalue weighted by atomic mass is 32.1. The van der Waals surface area contributed by atoms with E-state index in [1.165, 1.54) is 23.3 Å². The molecule has 0 nitrogen and oxygen atoms in total. The van der Waals surface area contributed by atoms with E-state index in [9.17, 15) is 0 Å². The van der Waals surface area contributed by atoms with Gasteiger partial charge in [-0.1, -0.05) is 62.3 Å². The largest absolute Gasteiger partial charge is 0.0560 e. The van der Waals surface area contributed by atoms with Gasteiger partial charge in [0, 0.05) is 0 Å². The topological polar surface area (TPSA) is 0 Å². The number of hydrogen-bond acceptors (Lipinski definition) is 0. The number of rotatable bonds is 0. The van der Waals surface area contributed by atoms with Gasteiger partial charge >= 0.3 is 0 Å². The summed E-state index contributed by atoms with van der Waals surface area (Å²) in [5.41, 5.74) is 2.46. The van der Waals surface area contributed by atoms with E-state index in [1.807, 2.05) is 0 Å². The van der Waals surface area contributed by atoms with Gasteiger partial charge in [0.1, 0.15) is 0 Å². The molecule has 0 atom stereocenters. The molecule has 0 aliphatic heterocycles. The molecular weight excluding hydrogens is 273 g/mol. The van der Waals surface area contributed by atoms with Gasteiger partial charge in [-0.3, -0.25) is 0 Å². The molecule has 1 heterocycles. The van der Waals surface area contributed by atoms with Crippen molar-refractivity contribution in [1.29, 1.82) is 0 Å². The normalized spacial score (nSPS) is 15.2. The van der Waals surface area contributed by atoms with Gasteiger partial charge in [-0.15, -0.1) is 0 Å². The smallest absolute Gasteiger partial charge is 0.00599 e. The Labute approximate surface area is 118 Å². The first-order chi connectivity index (χ1) is 7.85. The standard InChI is InChI=1S/C15H27P3/c1-13(2,3)10-11(14(4,5)6)16-18-17-12(10)15(7,8)9/h1-9H3. The lowest BCUT2D eigenvalue weighted by atomic mass is 9.76. The molecule has 0 fully saturated rings. The lowest BCUT2D eigenvalue weighted by molar-refractivity contribution is 0.512. The summed E-state index contributed by atoms with van der Waals surface area (Å²) in [7, 11) is 4.55. The summed E-state index contributed by atoms with van der Waals surface area (Å²) in [6.07, 6.45) is 0. The SMILES string of the molecule is CC(C)(C)c1pppc(C(C)(C)C)c1C(C)(C)C. The second-order valence-corrected chi connectivity index (χ2v) is 12.9. The highest BCUT2D eigenvalue weighted by molar-refractivity contribution is 8.16. The summed E-state index contributed by atoms with van der Waals surface area (Å²) in [4.78, 5) is 0. The van der Waals surface area contributed by atoms with Crippen molar-refractivity contribution in [3.8, 4) is 0 Å². The maximum Gasteiger partial charge on any atom is -0.00599 e. The van der Waals surface area contributed by atoms with Gasteiger partial charge < -0.3 is 0 Å². The fourth-order valence-electron chi connectivity index (χ4n) is 2.08. The van der Waals surface area contributed by atoms with E-state index >= 15 is 0 Å². The second kappa shape index (κ2) is 5.13. The Morgan fingerprint density at radius 2 is 0.889 bits per heavy atom. The Hall–Kier alpha value is 0.510. The molecule has 1 aromatic rings. The van der Waals surface area contributed by atoms with Crippen LogP contribution in [0.25, 0.3) is 0 Å². The van der Waals surface area contributed by atoms with E-state index in [0.29, 0.717) is 0 Å². The molecule has 0 N–H and O–H groups in total. The highest BCUT2D eigenvalue weighted by Gasteiger charge is 2.32. The second-order valence-electron chi connectivity index (χ2n) is 8.11. The predicted molar refractivity (Wildman–Crippen MR) is 90.1 cm³/mol. The van der Waals surface area contributed by atoms with E-state index in [0.717, 1.165) is 0 Å². The van der Waals surface area contributed by atoms with Crippen LogP contribution in [0.2, 0.25) is 0 Å². The van der Waals surface area contributed by atoms with Gasteiger partial charge in [-0.2, -0.15) is 0 Å². The quantitative estimate of drug-likeness (QED) is 0.471. The first kappa shape index (κ1) is 16.6. The fourth-order valence-corrected chi connectivity index (χ4v) is 9.17. The molecule has 0 radical (unpaired) electrons. The molecule has 1 aromatic heterocycles. The molecule has 102 valence electrons. The third-order valence-electron chi connectivity index (χ3n) is 2.93. The molecule has 0 aromatic carbocycles. The lowest BCUT2D eigenvalue weighted by Gasteiger charge is -2.35. The molecule has 0 aliphatic rings.